The van der Waals surface area contributed by atoms with E-state index in [1.165, 1.54) is 44.3 Å². The summed E-state index contributed by atoms with van der Waals surface area (Å²) in [6, 6.07) is 8.33. The van der Waals surface area contributed by atoms with Crippen LogP contribution in [0.4, 0.5) is 0 Å². The molecule has 27 heavy (non-hydrogen) atoms. The van der Waals surface area contributed by atoms with Crippen LogP contribution in [0, 0.1) is 0 Å². The summed E-state index contributed by atoms with van der Waals surface area (Å²) in [6.07, 6.45) is 5.02. The van der Waals surface area contributed by atoms with Crippen LogP contribution >= 0.6 is 0 Å². The topological polar surface area (TPSA) is 46.4 Å². The first-order valence-electron chi connectivity index (χ1n) is 10.2. The van der Waals surface area contributed by atoms with Crippen LogP contribution in [0.5, 0.6) is 5.75 Å². The summed E-state index contributed by atoms with van der Waals surface area (Å²) < 4.78 is 7.77. The molecule has 2 saturated heterocycles. The van der Waals surface area contributed by atoms with Crippen LogP contribution in [-0.2, 0) is 20.1 Å². The van der Waals surface area contributed by atoms with Gasteiger partial charge in [-0.3, -0.25) is 9.80 Å². The standard InChI is InChI=1S/C21H31N5O/c1-24-20(16-25-11-5-6-12-25)22-23-21(24)18-9-7-13-26(15-18)14-17-8-3-4-10-19(17)27-2/h3-4,8,10,18H,5-7,9,11-16H2,1-2H3. The Kier molecular flexibility index (Phi) is 5.74. The molecular weight excluding hydrogens is 338 g/mol. The van der Waals surface area contributed by atoms with Gasteiger partial charge in [0, 0.05) is 31.6 Å². The highest BCUT2D eigenvalue weighted by atomic mass is 16.5. The molecule has 1 unspecified atom stereocenters. The zero-order chi connectivity index (χ0) is 18.6. The van der Waals surface area contributed by atoms with Gasteiger partial charge in [-0.1, -0.05) is 18.2 Å². The van der Waals surface area contributed by atoms with Gasteiger partial charge in [0.15, 0.2) is 0 Å². The van der Waals surface area contributed by atoms with E-state index in [0.717, 1.165) is 43.6 Å². The molecule has 3 heterocycles. The molecule has 1 aromatic heterocycles. The van der Waals surface area contributed by atoms with E-state index in [9.17, 15) is 0 Å². The second-order valence-corrected chi connectivity index (χ2v) is 7.90. The Morgan fingerprint density at radius 1 is 1.00 bits per heavy atom. The molecule has 0 radical (unpaired) electrons. The summed E-state index contributed by atoms with van der Waals surface area (Å²) in [7, 11) is 3.89. The van der Waals surface area contributed by atoms with Gasteiger partial charge in [0.1, 0.15) is 17.4 Å². The Labute approximate surface area is 162 Å². The third-order valence-electron chi connectivity index (χ3n) is 6.02. The molecule has 0 amide bonds. The minimum atomic E-state index is 0.457. The Hall–Kier alpha value is -1.92. The highest BCUT2D eigenvalue weighted by molar-refractivity contribution is 5.33. The highest BCUT2D eigenvalue weighted by Gasteiger charge is 2.27. The molecule has 0 N–H and O–H groups in total. The van der Waals surface area contributed by atoms with Crippen LogP contribution < -0.4 is 4.74 Å². The van der Waals surface area contributed by atoms with Crippen molar-refractivity contribution in [1.29, 1.82) is 0 Å². The Morgan fingerprint density at radius 2 is 1.78 bits per heavy atom. The van der Waals surface area contributed by atoms with Crippen molar-refractivity contribution in [2.45, 2.75) is 44.7 Å². The number of nitrogens with zero attached hydrogens (tertiary/aromatic N) is 5. The van der Waals surface area contributed by atoms with Crippen LogP contribution in [0.25, 0.3) is 0 Å². The number of hydrogen-bond donors (Lipinski definition) is 0. The second-order valence-electron chi connectivity index (χ2n) is 7.90. The maximum Gasteiger partial charge on any atom is 0.146 e. The fourth-order valence-corrected chi connectivity index (χ4v) is 4.49. The van der Waals surface area contributed by atoms with Crippen molar-refractivity contribution in [3.63, 3.8) is 0 Å². The first-order valence-corrected chi connectivity index (χ1v) is 10.2. The van der Waals surface area contributed by atoms with Gasteiger partial charge < -0.3 is 9.30 Å². The molecule has 6 nitrogen and oxygen atoms in total. The van der Waals surface area contributed by atoms with Gasteiger partial charge in [-0.15, -0.1) is 10.2 Å². The minimum absolute atomic E-state index is 0.457. The predicted molar refractivity (Wildman–Crippen MR) is 106 cm³/mol. The van der Waals surface area contributed by atoms with Crippen LogP contribution in [0.3, 0.4) is 0 Å². The zero-order valence-electron chi connectivity index (χ0n) is 16.6. The molecule has 2 aliphatic heterocycles. The van der Waals surface area contributed by atoms with E-state index < -0.39 is 0 Å². The van der Waals surface area contributed by atoms with Gasteiger partial charge in [0.05, 0.1) is 13.7 Å². The van der Waals surface area contributed by atoms with E-state index in [-0.39, 0.29) is 0 Å². The van der Waals surface area contributed by atoms with Gasteiger partial charge in [-0.2, -0.15) is 0 Å². The third kappa shape index (κ3) is 4.17. The van der Waals surface area contributed by atoms with E-state index in [4.69, 9.17) is 4.74 Å². The molecule has 0 aliphatic carbocycles. The van der Waals surface area contributed by atoms with E-state index in [2.05, 4.69) is 43.7 Å². The Balaban J connectivity index is 1.43. The number of likely N-dealkylation sites (tertiary alicyclic amines) is 2. The number of para-hydroxylation sites is 1. The largest absolute Gasteiger partial charge is 0.496 e. The number of hydrogen-bond acceptors (Lipinski definition) is 5. The maximum absolute atomic E-state index is 5.53. The van der Waals surface area contributed by atoms with Gasteiger partial charge in [0.2, 0.25) is 0 Å². The van der Waals surface area contributed by atoms with Crippen LogP contribution in [-0.4, -0.2) is 57.9 Å². The maximum atomic E-state index is 5.53. The van der Waals surface area contributed by atoms with Gasteiger partial charge in [-0.05, 0) is 51.4 Å². The lowest BCUT2D eigenvalue weighted by Crippen LogP contribution is -2.35. The first-order chi connectivity index (χ1) is 13.2. The van der Waals surface area contributed by atoms with Crippen molar-refractivity contribution >= 4 is 0 Å². The lowest BCUT2D eigenvalue weighted by atomic mass is 9.96. The average molecular weight is 370 g/mol. The molecule has 2 aliphatic rings. The summed E-state index contributed by atoms with van der Waals surface area (Å²) in [5.41, 5.74) is 1.26. The number of aromatic nitrogens is 3. The quantitative estimate of drug-likeness (QED) is 0.784. The van der Waals surface area contributed by atoms with Crippen molar-refractivity contribution in [3.05, 3.63) is 41.5 Å². The van der Waals surface area contributed by atoms with Crippen molar-refractivity contribution < 1.29 is 4.74 Å². The summed E-state index contributed by atoms with van der Waals surface area (Å²) in [4.78, 5) is 5.02. The van der Waals surface area contributed by atoms with Gasteiger partial charge in [-0.25, -0.2) is 0 Å². The molecular formula is C21H31N5O. The normalized spacial score (nSPS) is 21.6. The summed E-state index contributed by atoms with van der Waals surface area (Å²) >= 11 is 0. The molecule has 1 aromatic carbocycles. The molecule has 146 valence electrons. The van der Waals surface area contributed by atoms with E-state index in [1.54, 1.807) is 7.11 Å². The number of methoxy groups -OCH3 is 1. The third-order valence-corrected chi connectivity index (χ3v) is 6.02. The number of rotatable bonds is 6. The zero-order valence-corrected chi connectivity index (χ0v) is 16.6. The van der Waals surface area contributed by atoms with Crippen molar-refractivity contribution in [2.24, 2.45) is 7.05 Å². The predicted octanol–water partition coefficient (Wildman–Crippen LogP) is 2.80. The molecule has 2 fully saturated rings. The van der Waals surface area contributed by atoms with E-state index >= 15 is 0 Å². The van der Waals surface area contributed by atoms with Crippen LogP contribution in [0.1, 0.15) is 48.8 Å². The molecule has 4 rings (SSSR count). The van der Waals surface area contributed by atoms with Crippen molar-refractivity contribution in [1.82, 2.24) is 24.6 Å². The lowest BCUT2D eigenvalue weighted by Gasteiger charge is -2.32. The summed E-state index contributed by atoms with van der Waals surface area (Å²) in [5.74, 6) is 3.69. The van der Waals surface area contributed by atoms with Gasteiger partial charge >= 0.3 is 0 Å². The van der Waals surface area contributed by atoms with Crippen LogP contribution in [0.15, 0.2) is 24.3 Å². The Bertz CT molecular complexity index is 753. The molecule has 6 heteroatoms. The smallest absolute Gasteiger partial charge is 0.146 e. The summed E-state index contributed by atoms with van der Waals surface area (Å²) in [6.45, 7) is 6.41. The molecule has 1 atom stereocenters. The fourth-order valence-electron chi connectivity index (χ4n) is 4.49. The molecule has 0 bridgehead atoms. The van der Waals surface area contributed by atoms with Crippen molar-refractivity contribution in [2.75, 3.05) is 33.3 Å². The molecule has 0 saturated carbocycles. The lowest BCUT2D eigenvalue weighted by molar-refractivity contribution is 0.193. The highest BCUT2D eigenvalue weighted by Crippen LogP contribution is 2.28. The first kappa shape index (κ1) is 18.4. The number of benzene rings is 1. The molecule has 2 aromatic rings. The van der Waals surface area contributed by atoms with Crippen molar-refractivity contribution in [3.8, 4) is 5.75 Å². The van der Waals surface area contributed by atoms with E-state index in [1.807, 2.05) is 12.1 Å². The monoisotopic (exact) mass is 369 g/mol. The molecule has 0 spiro atoms. The second kappa shape index (κ2) is 8.40. The summed E-state index contributed by atoms with van der Waals surface area (Å²) in [5, 5.41) is 9.12. The van der Waals surface area contributed by atoms with Gasteiger partial charge in [0.25, 0.3) is 0 Å². The van der Waals surface area contributed by atoms with E-state index in [0.29, 0.717) is 5.92 Å². The number of piperidine rings is 1. The Morgan fingerprint density at radius 3 is 2.59 bits per heavy atom. The number of ether oxygens (including phenoxy) is 1. The fraction of sp³-hybridized carbons (Fsp3) is 0.619. The SMILES string of the molecule is COc1ccccc1CN1CCCC(c2nnc(CN3CCCC3)n2C)C1. The minimum Gasteiger partial charge on any atom is -0.496 e. The van der Waals surface area contributed by atoms with Crippen LogP contribution in [0.2, 0.25) is 0 Å². The average Bonchev–Trinajstić information content (AvgIpc) is 3.33.